The molecule has 558 valence electrons. The summed E-state index contributed by atoms with van der Waals surface area (Å²) in [5.74, 6) is -7.40. The molecule has 3 rings (SSSR count). The van der Waals surface area contributed by atoms with Gasteiger partial charge in [-0.1, -0.05) is 51.0 Å². The minimum Gasteiger partial charge on any atom is -0.508 e. The highest BCUT2D eigenvalue weighted by molar-refractivity contribution is 5.98. The van der Waals surface area contributed by atoms with Crippen LogP contribution < -0.4 is 48.7 Å². The lowest BCUT2D eigenvalue weighted by Crippen LogP contribution is -2.57. The Hall–Kier alpha value is -8.15. The highest BCUT2D eigenvalue weighted by Crippen LogP contribution is 2.24. The number of ether oxygens (including phenoxy) is 7. The molecule has 1 saturated heterocycles. The van der Waals surface area contributed by atoms with Crippen LogP contribution in [0.4, 0.5) is 4.39 Å². The maximum absolute atomic E-state index is 13.8. The van der Waals surface area contributed by atoms with Gasteiger partial charge in [0.1, 0.15) is 36.0 Å². The van der Waals surface area contributed by atoms with Gasteiger partial charge in [0.05, 0.1) is 130 Å². The Bertz CT molecular complexity index is 2790. The molecule has 0 aliphatic carbocycles. The van der Waals surface area contributed by atoms with E-state index in [-0.39, 0.29) is 137 Å². The number of amides is 7. The summed E-state index contributed by atoms with van der Waals surface area (Å²) in [6.45, 7) is 10.5. The number of nitrogens with two attached hydrogens (primary N) is 2. The maximum atomic E-state index is 13.8. The third-order valence-electron chi connectivity index (χ3n) is 14.7. The van der Waals surface area contributed by atoms with Crippen molar-refractivity contribution < 1.29 is 101 Å². The van der Waals surface area contributed by atoms with Gasteiger partial charge < -0.3 is 92.1 Å². The number of alkyl halides is 1. The van der Waals surface area contributed by atoms with Crippen molar-refractivity contribution in [2.75, 3.05) is 120 Å². The number of unbranched alkanes of at least 4 members (excludes halogenated alkanes) is 1. The monoisotopic (exact) mass is 1410 g/mol. The summed E-state index contributed by atoms with van der Waals surface area (Å²) in [7, 11) is 2.95. The second-order valence-corrected chi connectivity index (χ2v) is 24.2. The van der Waals surface area contributed by atoms with Crippen molar-refractivity contribution in [3.05, 3.63) is 41.7 Å². The summed E-state index contributed by atoms with van der Waals surface area (Å²) in [6, 6.07) is 1.18. The molecule has 2 aromatic rings. The molecule has 7 amide bonds. The van der Waals surface area contributed by atoms with E-state index in [0.29, 0.717) is 103 Å². The van der Waals surface area contributed by atoms with Gasteiger partial charge in [-0.25, -0.2) is 9.07 Å². The van der Waals surface area contributed by atoms with Gasteiger partial charge in [-0.2, -0.15) is 0 Å². The molecule has 2 heterocycles. The van der Waals surface area contributed by atoms with Gasteiger partial charge in [-0.15, -0.1) is 5.10 Å². The second-order valence-electron chi connectivity index (χ2n) is 24.2. The lowest BCUT2D eigenvalue weighted by atomic mass is 9.88. The van der Waals surface area contributed by atoms with Gasteiger partial charge in [0.2, 0.25) is 41.4 Å². The van der Waals surface area contributed by atoms with Crippen molar-refractivity contribution in [3.63, 3.8) is 0 Å². The van der Waals surface area contributed by atoms with Crippen molar-refractivity contribution >= 4 is 70.6 Å². The predicted molar refractivity (Wildman–Crippen MR) is 357 cm³/mol. The smallest absolute Gasteiger partial charge is 0.305 e. The van der Waals surface area contributed by atoms with Gasteiger partial charge in [0, 0.05) is 77.9 Å². The summed E-state index contributed by atoms with van der Waals surface area (Å²) >= 11 is 0. The number of carbonyl (C=O) groups excluding carboxylic acids is 10. The van der Waals surface area contributed by atoms with Crippen molar-refractivity contribution in [1.82, 2.24) is 52.2 Å². The zero-order chi connectivity index (χ0) is 73.2. The number of guanidine groups is 1. The largest absolute Gasteiger partial charge is 0.508 e. The Morgan fingerprint density at radius 3 is 1.85 bits per heavy atom. The Kier molecular flexibility index (Phi) is 45.6. The number of aliphatic carboxylic acids is 1. The highest BCUT2D eigenvalue weighted by atomic mass is 18.2. The molecule has 1 aliphatic heterocycles. The first-order valence-electron chi connectivity index (χ1n) is 33.3. The molecule has 99 heavy (non-hydrogen) atoms. The first-order valence-corrected chi connectivity index (χ1v) is 33.3. The van der Waals surface area contributed by atoms with Crippen LogP contribution in [0.5, 0.6) is 5.75 Å². The van der Waals surface area contributed by atoms with Crippen LogP contribution in [0.2, 0.25) is 0 Å². The number of benzene rings is 1. The van der Waals surface area contributed by atoms with E-state index in [2.05, 4.69) is 73.3 Å². The van der Waals surface area contributed by atoms with E-state index in [4.69, 9.17) is 44.6 Å². The van der Waals surface area contributed by atoms with E-state index in [0.717, 1.165) is 12.8 Å². The molecule has 1 aliphatic rings. The molecule has 5 atom stereocenters. The third kappa shape index (κ3) is 43.8. The quantitative estimate of drug-likeness (QED) is 0.0235. The minimum absolute atomic E-state index is 0.00229. The molecule has 1 aromatic carbocycles. The molecule has 0 unspecified atom stereocenters. The lowest BCUT2D eigenvalue weighted by Gasteiger charge is -2.26. The number of carbonyl (C=O) groups is 11. The Balaban J connectivity index is 0.000000676. The number of ketones is 3. The molecule has 0 radical (unpaired) electrons. The van der Waals surface area contributed by atoms with Gasteiger partial charge in [0.25, 0.3) is 0 Å². The van der Waals surface area contributed by atoms with Crippen LogP contribution in [0.25, 0.3) is 0 Å². The summed E-state index contributed by atoms with van der Waals surface area (Å²) in [5, 5.41) is 44.8. The summed E-state index contributed by atoms with van der Waals surface area (Å²) in [6.07, 6.45) is 3.86. The maximum Gasteiger partial charge on any atom is 0.305 e. The van der Waals surface area contributed by atoms with E-state index in [1.165, 1.54) is 26.2 Å². The Morgan fingerprint density at radius 2 is 1.25 bits per heavy atom. The average Bonchev–Trinajstić information content (AvgIpc) is 1.48. The number of Topliss-reactive ketones (excluding diaryl/α,β-unsaturated/α-hetero) is 3. The number of hydrogen-bond donors (Lipinski definition) is 11. The SMILES string of the molecule is CC(C)(C)CCCC[C@@H]1NC(=O)[C@@H](Cc2ccc(O)cc2)NC(=O)[C@H](CC(=O)O)NC(=O)CNC(=O)[C@H](CCCN=C(N)N)CC1=O.CNC(=O)CCC(=O)CC[C@H](NC(=O)CCOCCOCCOCCOCCn1cc(COCCOCCOCC[18F])nn1)C(=O)CCC(=O)NC. The Morgan fingerprint density at radius 1 is 0.677 bits per heavy atom. The van der Waals surface area contributed by atoms with Crippen LogP contribution in [-0.4, -0.2) is 240 Å². The standard InChI is InChI=1S/C33H57FN6O12.C32H49N7O8/c1-35-31(43)7-4-28(41)3-5-29(30(42)6-8-32(44)36-2)37-33(45)9-12-46-15-18-49-21-22-50-20-17-48-14-11-40-25-27(38-39-40)26-52-24-23-51-19-16-47-13-10-34;1-32(2,3)13-5-4-8-22-25(41)16-20(7-6-14-35-31(33)34)28(45)36-18-26(42)37-24(17-27(43)44)30(47)39-23(29(46)38-22)15-19-9-11-21(40)12-10-19/h25,29H,3-24,26H2,1-2H3,(H,35,43)(H,36,44)(H,37,45);9-12,20,22-24,40H,4-8,13-18H2,1-3H3,(H,36,45)(H,37,42)(H,38,46)(H,39,47)(H,43,44)(H4,33,34,35)/t29-;20-,22+,23-,24+/m01/s1/i34-1;. The average molecular weight is 1410 g/mol. The van der Waals surface area contributed by atoms with Crippen molar-refractivity contribution in [1.29, 1.82) is 0 Å². The van der Waals surface area contributed by atoms with E-state index < -0.39 is 91.0 Å². The zero-order valence-corrected chi connectivity index (χ0v) is 57.9. The number of aliphatic imine (C=N–C) groups is 1. The number of phenolic OH excluding ortho intramolecular Hbond substituents is 1. The number of nitrogens with one attached hydrogen (secondary N) is 7. The number of aromatic hydroxyl groups is 1. The van der Waals surface area contributed by atoms with Gasteiger partial charge >= 0.3 is 5.97 Å². The van der Waals surface area contributed by atoms with Crippen molar-refractivity contribution in [2.45, 2.75) is 161 Å². The molecular formula is C65H106FN13O20. The van der Waals surface area contributed by atoms with Gasteiger partial charge in [-0.3, -0.25) is 57.7 Å². The topological polar surface area (TPSA) is 472 Å². The number of hydrogen-bond acceptors (Lipinski definition) is 22. The molecule has 0 saturated carbocycles. The minimum atomic E-state index is -1.57. The molecule has 13 N–H and O–H groups in total. The third-order valence-corrected chi connectivity index (χ3v) is 14.7. The normalized spacial score (nSPS) is 16.4. The van der Waals surface area contributed by atoms with Crippen LogP contribution in [0.1, 0.15) is 128 Å². The summed E-state index contributed by atoms with van der Waals surface area (Å²) < 4.78 is 51.3. The molecule has 34 heteroatoms. The van der Waals surface area contributed by atoms with Crippen molar-refractivity contribution in [2.24, 2.45) is 27.8 Å². The predicted octanol–water partition coefficient (Wildman–Crippen LogP) is -0.0614. The first kappa shape index (κ1) is 86.9. The van der Waals surface area contributed by atoms with E-state index in [1.54, 1.807) is 23.0 Å². The lowest BCUT2D eigenvalue weighted by molar-refractivity contribution is -0.141. The molecule has 0 bridgehead atoms. The fourth-order valence-electron chi connectivity index (χ4n) is 9.33. The number of halogens is 1. The molecule has 1 fully saturated rings. The first-order chi connectivity index (χ1) is 47.3. The number of aromatic nitrogens is 3. The number of rotatable bonds is 48. The highest BCUT2D eigenvalue weighted by Gasteiger charge is 2.34. The van der Waals surface area contributed by atoms with Crippen LogP contribution >= 0.6 is 0 Å². The van der Waals surface area contributed by atoms with E-state index in [9.17, 15) is 67.3 Å². The van der Waals surface area contributed by atoms with Gasteiger partial charge in [0.15, 0.2) is 17.5 Å². The zero-order valence-electron chi connectivity index (χ0n) is 57.9. The second kappa shape index (κ2) is 51.9. The van der Waals surface area contributed by atoms with Crippen LogP contribution in [-0.2, 0) is 105 Å². The summed E-state index contributed by atoms with van der Waals surface area (Å²) in [5.41, 5.74) is 12.1. The number of carboxylic acids is 1. The fourth-order valence-corrected chi connectivity index (χ4v) is 9.33. The van der Waals surface area contributed by atoms with Crippen molar-refractivity contribution in [3.8, 4) is 5.75 Å². The number of phenols is 1. The van der Waals surface area contributed by atoms with Crippen LogP contribution in [0.15, 0.2) is 35.5 Å². The summed E-state index contributed by atoms with van der Waals surface area (Å²) in [4.78, 5) is 143. The molecule has 0 spiro atoms. The van der Waals surface area contributed by atoms with Crippen LogP contribution in [0.3, 0.4) is 0 Å². The Labute approximate surface area is 577 Å². The van der Waals surface area contributed by atoms with E-state index >= 15 is 0 Å². The molecule has 33 nitrogen and oxygen atoms in total. The number of carboxylic acid groups (broad SMARTS) is 1. The van der Waals surface area contributed by atoms with Gasteiger partial charge in [-0.05, 0) is 55.2 Å². The van der Waals surface area contributed by atoms with E-state index in [1.807, 2.05) is 0 Å². The molecular weight excluding hydrogens is 1300 g/mol. The fraction of sp³-hybridized carbons (Fsp3) is 0.692. The number of nitrogens with zero attached hydrogens (tertiary/aromatic N) is 4. The van der Waals surface area contributed by atoms with Crippen LogP contribution in [0, 0.1) is 11.3 Å². The molecule has 1 aromatic heterocycles.